The summed E-state index contributed by atoms with van der Waals surface area (Å²) in [5.41, 5.74) is 0.702. The van der Waals surface area contributed by atoms with Gasteiger partial charge in [0.15, 0.2) is 0 Å². The highest BCUT2D eigenvalue weighted by atomic mass is 79.9. The predicted molar refractivity (Wildman–Crippen MR) is 71.0 cm³/mol. The van der Waals surface area contributed by atoms with Crippen molar-refractivity contribution in [1.82, 2.24) is 10.3 Å². The van der Waals surface area contributed by atoms with Crippen molar-refractivity contribution >= 4 is 27.6 Å². The molecule has 1 fully saturated rings. The van der Waals surface area contributed by atoms with Gasteiger partial charge in [0.05, 0.1) is 11.9 Å². The van der Waals surface area contributed by atoms with Crippen molar-refractivity contribution in [2.24, 2.45) is 0 Å². The Morgan fingerprint density at radius 1 is 1.29 bits per heavy atom. The lowest BCUT2D eigenvalue weighted by Gasteiger charge is -2.22. The third-order valence-electron chi connectivity index (χ3n) is 2.90. The van der Waals surface area contributed by atoms with Gasteiger partial charge in [0.25, 0.3) is 0 Å². The lowest BCUT2D eigenvalue weighted by molar-refractivity contribution is 0.244. The average molecular weight is 298 g/mol. The van der Waals surface area contributed by atoms with Crippen molar-refractivity contribution in [3.05, 3.63) is 22.9 Å². The van der Waals surface area contributed by atoms with Crippen LogP contribution in [0.3, 0.4) is 0 Å². The zero-order valence-electron chi connectivity index (χ0n) is 9.58. The number of hydrogen-bond donors (Lipinski definition) is 2. The number of nitrogens with zero attached hydrogens (tertiary/aromatic N) is 1. The van der Waals surface area contributed by atoms with Crippen LogP contribution in [-0.4, -0.2) is 17.1 Å². The van der Waals surface area contributed by atoms with E-state index in [1.165, 1.54) is 19.3 Å². The molecular weight excluding hydrogens is 282 g/mol. The number of hydrogen-bond acceptors (Lipinski definition) is 2. The first-order valence-electron chi connectivity index (χ1n) is 5.92. The quantitative estimate of drug-likeness (QED) is 0.880. The molecule has 1 aromatic heterocycles. The van der Waals surface area contributed by atoms with Crippen LogP contribution < -0.4 is 10.6 Å². The normalized spacial score (nSPS) is 16.5. The second kappa shape index (κ2) is 6.00. The zero-order chi connectivity index (χ0) is 12.1. The Hall–Kier alpha value is -1.10. The molecule has 1 aliphatic carbocycles. The first kappa shape index (κ1) is 12.4. The molecule has 1 heterocycles. The molecule has 2 N–H and O–H groups in total. The zero-order valence-corrected chi connectivity index (χ0v) is 11.2. The fourth-order valence-corrected chi connectivity index (χ4v) is 2.44. The molecule has 5 heteroatoms. The van der Waals surface area contributed by atoms with Crippen molar-refractivity contribution in [1.29, 1.82) is 0 Å². The van der Waals surface area contributed by atoms with Gasteiger partial charge in [0, 0.05) is 16.7 Å². The lowest BCUT2D eigenvalue weighted by atomic mass is 9.96. The van der Waals surface area contributed by atoms with Gasteiger partial charge in [-0.25, -0.2) is 4.79 Å². The van der Waals surface area contributed by atoms with E-state index in [9.17, 15) is 4.79 Å². The highest BCUT2D eigenvalue weighted by molar-refractivity contribution is 9.10. The number of halogens is 1. The Kier molecular flexibility index (Phi) is 4.36. The van der Waals surface area contributed by atoms with Crippen LogP contribution in [-0.2, 0) is 0 Å². The molecular formula is C12H16BrN3O. The molecule has 0 bridgehead atoms. The topological polar surface area (TPSA) is 54.0 Å². The van der Waals surface area contributed by atoms with E-state index >= 15 is 0 Å². The number of anilines is 1. The average Bonchev–Trinajstić information content (AvgIpc) is 2.30. The van der Waals surface area contributed by atoms with Crippen LogP contribution in [0, 0.1) is 0 Å². The van der Waals surface area contributed by atoms with Gasteiger partial charge in [0.1, 0.15) is 0 Å². The molecule has 0 aliphatic heterocycles. The number of pyridine rings is 1. The van der Waals surface area contributed by atoms with Crippen molar-refractivity contribution < 1.29 is 4.79 Å². The molecule has 4 nitrogen and oxygen atoms in total. The molecule has 0 aromatic carbocycles. The highest BCUT2D eigenvalue weighted by Crippen LogP contribution is 2.18. The van der Waals surface area contributed by atoms with E-state index in [0.717, 1.165) is 17.3 Å². The summed E-state index contributed by atoms with van der Waals surface area (Å²) < 4.78 is 0.855. The molecule has 0 atom stereocenters. The van der Waals surface area contributed by atoms with Crippen LogP contribution in [0.4, 0.5) is 10.5 Å². The fourth-order valence-electron chi connectivity index (χ4n) is 2.08. The number of amides is 2. The summed E-state index contributed by atoms with van der Waals surface area (Å²) in [7, 11) is 0. The van der Waals surface area contributed by atoms with Crippen LogP contribution in [0.2, 0.25) is 0 Å². The van der Waals surface area contributed by atoms with Crippen LogP contribution in [0.25, 0.3) is 0 Å². The Morgan fingerprint density at radius 2 is 2.06 bits per heavy atom. The van der Waals surface area contributed by atoms with Crippen molar-refractivity contribution in [3.8, 4) is 0 Å². The summed E-state index contributed by atoms with van der Waals surface area (Å²) in [4.78, 5) is 15.7. The van der Waals surface area contributed by atoms with Crippen molar-refractivity contribution in [2.75, 3.05) is 5.32 Å². The maximum atomic E-state index is 11.7. The number of carbonyl (C=O) groups is 1. The predicted octanol–water partition coefficient (Wildman–Crippen LogP) is 3.30. The summed E-state index contributed by atoms with van der Waals surface area (Å²) in [6.45, 7) is 0. The summed E-state index contributed by atoms with van der Waals surface area (Å²) in [6, 6.07) is 2.01. The summed E-state index contributed by atoms with van der Waals surface area (Å²) in [5.74, 6) is 0. The molecule has 2 rings (SSSR count). The summed E-state index contributed by atoms with van der Waals surface area (Å²) in [6.07, 6.45) is 9.20. The second-order valence-electron chi connectivity index (χ2n) is 4.33. The van der Waals surface area contributed by atoms with Crippen LogP contribution >= 0.6 is 15.9 Å². The maximum Gasteiger partial charge on any atom is 0.319 e. The van der Waals surface area contributed by atoms with Gasteiger partial charge in [-0.1, -0.05) is 19.3 Å². The smallest absolute Gasteiger partial charge is 0.319 e. The van der Waals surface area contributed by atoms with Gasteiger partial charge in [0.2, 0.25) is 0 Å². The second-order valence-corrected chi connectivity index (χ2v) is 5.24. The van der Waals surface area contributed by atoms with Gasteiger partial charge < -0.3 is 10.6 Å². The highest BCUT2D eigenvalue weighted by Gasteiger charge is 2.15. The number of nitrogens with one attached hydrogen (secondary N) is 2. The van der Waals surface area contributed by atoms with Crippen molar-refractivity contribution in [3.63, 3.8) is 0 Å². The molecule has 92 valence electrons. The minimum Gasteiger partial charge on any atom is -0.335 e. The van der Waals surface area contributed by atoms with E-state index < -0.39 is 0 Å². The van der Waals surface area contributed by atoms with E-state index in [-0.39, 0.29) is 6.03 Å². The minimum atomic E-state index is -0.142. The molecule has 0 radical (unpaired) electrons. The van der Waals surface area contributed by atoms with E-state index in [0.29, 0.717) is 11.7 Å². The molecule has 1 saturated carbocycles. The van der Waals surface area contributed by atoms with E-state index in [1.807, 2.05) is 6.07 Å². The third kappa shape index (κ3) is 4.00. The molecule has 0 spiro atoms. The Labute approximate surface area is 109 Å². The standard InChI is InChI=1S/C12H16BrN3O/c13-9-6-11(8-14-7-9)16-12(17)15-10-4-2-1-3-5-10/h6-8,10H,1-5H2,(H2,15,16,17). The lowest BCUT2D eigenvalue weighted by Crippen LogP contribution is -2.39. The number of aromatic nitrogens is 1. The van der Waals surface area contributed by atoms with Gasteiger partial charge in [-0.2, -0.15) is 0 Å². The Bertz CT molecular complexity index is 391. The SMILES string of the molecule is O=C(Nc1cncc(Br)c1)NC1CCCCC1. The van der Waals surface area contributed by atoms with Crippen LogP contribution in [0.5, 0.6) is 0 Å². The maximum absolute atomic E-state index is 11.7. The monoisotopic (exact) mass is 297 g/mol. The summed E-state index contributed by atoms with van der Waals surface area (Å²) in [5, 5.41) is 5.78. The van der Waals surface area contributed by atoms with Gasteiger partial charge in [-0.3, -0.25) is 4.98 Å². The molecule has 0 unspecified atom stereocenters. The van der Waals surface area contributed by atoms with Crippen LogP contribution in [0.1, 0.15) is 32.1 Å². The largest absolute Gasteiger partial charge is 0.335 e. The van der Waals surface area contributed by atoms with Gasteiger partial charge in [-0.05, 0) is 34.8 Å². The van der Waals surface area contributed by atoms with E-state index in [1.54, 1.807) is 12.4 Å². The third-order valence-corrected chi connectivity index (χ3v) is 3.34. The molecule has 1 aliphatic rings. The summed E-state index contributed by atoms with van der Waals surface area (Å²) >= 11 is 3.32. The first-order valence-corrected chi connectivity index (χ1v) is 6.71. The molecule has 2 amide bonds. The van der Waals surface area contributed by atoms with Gasteiger partial charge >= 0.3 is 6.03 Å². The van der Waals surface area contributed by atoms with Crippen molar-refractivity contribution in [2.45, 2.75) is 38.1 Å². The molecule has 17 heavy (non-hydrogen) atoms. The Morgan fingerprint density at radius 3 is 2.76 bits per heavy atom. The number of carbonyl (C=O) groups excluding carboxylic acids is 1. The van der Waals surface area contributed by atoms with E-state index in [2.05, 4.69) is 31.5 Å². The molecule has 1 aromatic rings. The van der Waals surface area contributed by atoms with E-state index in [4.69, 9.17) is 0 Å². The minimum absolute atomic E-state index is 0.142. The number of rotatable bonds is 2. The number of urea groups is 1. The first-order chi connectivity index (χ1) is 8.24. The Balaban J connectivity index is 1.84. The van der Waals surface area contributed by atoms with Crippen LogP contribution in [0.15, 0.2) is 22.9 Å². The molecule has 0 saturated heterocycles. The van der Waals surface area contributed by atoms with Gasteiger partial charge in [-0.15, -0.1) is 0 Å². The fraction of sp³-hybridized carbons (Fsp3) is 0.500.